The SMILES string of the molecule is CS(=O)(=O)N(CC(=O)Nc1ccc(F)cc1F)c1cccc(C(F)(F)F)c1. The fourth-order valence-electron chi connectivity index (χ4n) is 2.15. The molecule has 1 N–H and O–H groups in total. The smallest absolute Gasteiger partial charge is 0.322 e. The number of amides is 1. The Morgan fingerprint density at radius 2 is 1.78 bits per heavy atom. The maximum atomic E-state index is 13.6. The van der Waals surface area contributed by atoms with Gasteiger partial charge in [0.05, 0.1) is 23.2 Å². The Kier molecular flexibility index (Phi) is 5.73. The topological polar surface area (TPSA) is 66.5 Å². The zero-order valence-electron chi connectivity index (χ0n) is 13.7. The molecule has 27 heavy (non-hydrogen) atoms. The minimum absolute atomic E-state index is 0.387. The van der Waals surface area contributed by atoms with Gasteiger partial charge in [-0.2, -0.15) is 13.2 Å². The van der Waals surface area contributed by atoms with Crippen molar-refractivity contribution in [2.24, 2.45) is 0 Å². The molecule has 0 spiro atoms. The van der Waals surface area contributed by atoms with Crippen molar-refractivity contribution in [2.75, 3.05) is 22.4 Å². The highest BCUT2D eigenvalue weighted by Gasteiger charge is 2.32. The lowest BCUT2D eigenvalue weighted by atomic mass is 10.2. The molecular formula is C16H13F5N2O3S. The van der Waals surface area contributed by atoms with Gasteiger partial charge >= 0.3 is 6.18 Å². The molecular weight excluding hydrogens is 395 g/mol. The summed E-state index contributed by atoms with van der Waals surface area (Å²) in [7, 11) is -4.13. The van der Waals surface area contributed by atoms with E-state index >= 15 is 0 Å². The molecule has 5 nitrogen and oxygen atoms in total. The second-order valence-electron chi connectivity index (χ2n) is 5.49. The summed E-state index contributed by atoms with van der Waals surface area (Å²) in [6.07, 6.45) is -4.00. The van der Waals surface area contributed by atoms with Crippen LogP contribution in [0.15, 0.2) is 42.5 Å². The molecule has 146 valence electrons. The molecule has 2 aromatic rings. The maximum absolute atomic E-state index is 13.6. The van der Waals surface area contributed by atoms with Gasteiger partial charge in [-0.25, -0.2) is 17.2 Å². The third-order valence-corrected chi connectivity index (χ3v) is 4.49. The van der Waals surface area contributed by atoms with Gasteiger partial charge in [-0.15, -0.1) is 0 Å². The van der Waals surface area contributed by atoms with E-state index in [1.54, 1.807) is 0 Å². The second kappa shape index (κ2) is 7.51. The largest absolute Gasteiger partial charge is 0.416 e. The molecule has 0 saturated heterocycles. The summed E-state index contributed by atoms with van der Waals surface area (Å²) in [4.78, 5) is 12.1. The van der Waals surface area contributed by atoms with Crippen LogP contribution in [0.2, 0.25) is 0 Å². The Bertz CT molecular complexity index is 961. The minimum atomic E-state index is -4.71. The predicted octanol–water partition coefficient (Wildman–Crippen LogP) is 3.39. The highest BCUT2D eigenvalue weighted by atomic mass is 32.2. The third-order valence-electron chi connectivity index (χ3n) is 3.35. The van der Waals surface area contributed by atoms with Gasteiger partial charge in [0, 0.05) is 6.07 Å². The molecule has 0 unspecified atom stereocenters. The van der Waals surface area contributed by atoms with Crippen molar-refractivity contribution >= 4 is 27.3 Å². The Labute approximate surface area is 151 Å². The second-order valence-corrected chi connectivity index (χ2v) is 7.40. The van der Waals surface area contributed by atoms with E-state index in [0.717, 1.165) is 30.3 Å². The van der Waals surface area contributed by atoms with Crippen molar-refractivity contribution < 1.29 is 35.2 Å². The molecule has 0 aliphatic carbocycles. The van der Waals surface area contributed by atoms with Gasteiger partial charge in [-0.1, -0.05) is 6.07 Å². The Hall–Kier alpha value is -2.69. The number of nitrogens with zero attached hydrogens (tertiary/aromatic N) is 1. The van der Waals surface area contributed by atoms with Crippen LogP contribution >= 0.6 is 0 Å². The van der Waals surface area contributed by atoms with Crippen LogP contribution < -0.4 is 9.62 Å². The summed E-state index contributed by atoms with van der Waals surface area (Å²) in [6.45, 7) is -0.906. The number of rotatable bonds is 5. The number of carbonyl (C=O) groups is 1. The molecule has 2 aromatic carbocycles. The number of sulfonamides is 1. The van der Waals surface area contributed by atoms with E-state index < -0.39 is 51.5 Å². The predicted molar refractivity (Wildman–Crippen MR) is 88.6 cm³/mol. The first-order valence-corrected chi connectivity index (χ1v) is 9.12. The normalized spacial score (nSPS) is 11.9. The van der Waals surface area contributed by atoms with E-state index in [0.29, 0.717) is 22.7 Å². The first-order chi connectivity index (χ1) is 12.4. The summed E-state index contributed by atoms with van der Waals surface area (Å²) in [5.74, 6) is -3.00. The van der Waals surface area contributed by atoms with Crippen molar-refractivity contribution in [3.05, 3.63) is 59.7 Å². The van der Waals surface area contributed by atoms with Gasteiger partial charge in [-0.05, 0) is 30.3 Å². The lowest BCUT2D eigenvalue weighted by molar-refractivity contribution is -0.137. The molecule has 0 aliphatic rings. The summed E-state index contributed by atoms with van der Waals surface area (Å²) in [6, 6.07) is 5.72. The Morgan fingerprint density at radius 1 is 1.11 bits per heavy atom. The molecule has 11 heteroatoms. The highest BCUT2D eigenvalue weighted by Crippen LogP contribution is 2.32. The maximum Gasteiger partial charge on any atom is 0.416 e. The molecule has 0 aliphatic heterocycles. The molecule has 0 heterocycles. The zero-order chi connectivity index (χ0) is 20.4. The van der Waals surface area contributed by atoms with Crippen molar-refractivity contribution in [3.8, 4) is 0 Å². The van der Waals surface area contributed by atoms with Gasteiger partial charge in [0.2, 0.25) is 15.9 Å². The van der Waals surface area contributed by atoms with Crippen molar-refractivity contribution in [3.63, 3.8) is 0 Å². The van der Waals surface area contributed by atoms with Gasteiger partial charge in [0.15, 0.2) is 0 Å². The fourth-order valence-corrected chi connectivity index (χ4v) is 3.00. The van der Waals surface area contributed by atoms with E-state index in [1.807, 2.05) is 5.32 Å². The van der Waals surface area contributed by atoms with E-state index in [9.17, 15) is 35.2 Å². The zero-order valence-corrected chi connectivity index (χ0v) is 14.5. The van der Waals surface area contributed by atoms with Crippen LogP contribution in [0.25, 0.3) is 0 Å². The van der Waals surface area contributed by atoms with Crippen LogP contribution in [0.1, 0.15) is 5.56 Å². The van der Waals surface area contributed by atoms with E-state index in [2.05, 4.69) is 0 Å². The van der Waals surface area contributed by atoms with Crippen LogP contribution in [-0.4, -0.2) is 27.1 Å². The van der Waals surface area contributed by atoms with Gasteiger partial charge in [-0.3, -0.25) is 9.10 Å². The van der Waals surface area contributed by atoms with Crippen LogP contribution in [-0.2, 0) is 21.0 Å². The molecule has 0 atom stereocenters. The minimum Gasteiger partial charge on any atom is -0.322 e. The number of halogens is 5. The standard InChI is InChI=1S/C16H13F5N2O3S/c1-27(25,26)23(12-4-2-3-10(7-12)16(19,20)21)9-15(24)22-14-6-5-11(17)8-13(14)18/h2-8H,9H2,1H3,(H,22,24). The summed E-state index contributed by atoms with van der Waals surface area (Å²) in [5.41, 5.74) is -1.89. The Balaban J connectivity index is 2.29. The van der Waals surface area contributed by atoms with Crippen molar-refractivity contribution in [1.82, 2.24) is 0 Å². The Morgan fingerprint density at radius 3 is 2.33 bits per heavy atom. The number of hydrogen-bond acceptors (Lipinski definition) is 3. The number of alkyl halides is 3. The summed E-state index contributed by atoms with van der Waals surface area (Å²) in [5, 5.41) is 2.05. The van der Waals surface area contributed by atoms with E-state index in [-0.39, 0.29) is 5.69 Å². The van der Waals surface area contributed by atoms with Gasteiger partial charge in [0.25, 0.3) is 0 Å². The number of carbonyl (C=O) groups excluding carboxylic acids is 1. The third kappa shape index (κ3) is 5.39. The first kappa shape index (κ1) is 20.6. The van der Waals surface area contributed by atoms with E-state index in [1.165, 1.54) is 0 Å². The van der Waals surface area contributed by atoms with Gasteiger partial charge in [0.1, 0.15) is 18.2 Å². The molecule has 0 saturated carbocycles. The van der Waals surface area contributed by atoms with Crippen molar-refractivity contribution in [1.29, 1.82) is 0 Å². The van der Waals surface area contributed by atoms with Crippen molar-refractivity contribution in [2.45, 2.75) is 6.18 Å². The fraction of sp³-hybridized carbons (Fsp3) is 0.188. The van der Waals surface area contributed by atoms with E-state index in [4.69, 9.17) is 0 Å². The monoisotopic (exact) mass is 408 g/mol. The molecule has 0 aromatic heterocycles. The number of hydrogen-bond donors (Lipinski definition) is 1. The number of nitrogens with one attached hydrogen (secondary N) is 1. The quantitative estimate of drug-likeness (QED) is 0.772. The van der Waals surface area contributed by atoms with Gasteiger partial charge < -0.3 is 5.32 Å². The average molecular weight is 408 g/mol. The first-order valence-electron chi connectivity index (χ1n) is 7.28. The van der Waals surface area contributed by atoms with Crippen LogP contribution in [0.5, 0.6) is 0 Å². The molecule has 2 rings (SSSR count). The number of anilines is 2. The van der Waals surface area contributed by atoms with Crippen LogP contribution in [0.3, 0.4) is 0 Å². The summed E-state index contributed by atoms with van der Waals surface area (Å²) < 4.78 is 89.3. The lowest BCUT2D eigenvalue weighted by Gasteiger charge is -2.23. The molecule has 0 fully saturated rings. The molecule has 0 radical (unpaired) electrons. The van der Waals surface area contributed by atoms with Crippen LogP contribution in [0.4, 0.5) is 33.3 Å². The lowest BCUT2D eigenvalue weighted by Crippen LogP contribution is -2.37. The average Bonchev–Trinajstić information content (AvgIpc) is 2.53. The number of benzene rings is 2. The molecule has 0 bridgehead atoms. The highest BCUT2D eigenvalue weighted by molar-refractivity contribution is 7.92. The van der Waals surface area contributed by atoms with Crippen LogP contribution in [0, 0.1) is 11.6 Å². The summed E-state index contributed by atoms with van der Waals surface area (Å²) >= 11 is 0. The molecule has 1 amide bonds.